The summed E-state index contributed by atoms with van der Waals surface area (Å²) in [6.07, 6.45) is -4.62. The Morgan fingerprint density at radius 3 is 2.35 bits per heavy atom. The number of nitrogens with one attached hydrogen (secondary N) is 1. The maximum atomic E-state index is 12.4. The monoisotopic (exact) mass is 299 g/mol. The lowest BCUT2D eigenvalue weighted by molar-refractivity contribution is -0.253. The summed E-state index contributed by atoms with van der Waals surface area (Å²) >= 11 is 0. The molecule has 0 bridgehead atoms. The molecule has 0 saturated heterocycles. The number of hydrogen-bond donors (Lipinski definition) is 2. The first-order chi connectivity index (χ1) is 9.01. The van der Waals surface area contributed by atoms with E-state index >= 15 is 0 Å². The highest BCUT2D eigenvalue weighted by Crippen LogP contribution is 2.32. The van der Waals surface area contributed by atoms with E-state index < -0.39 is 36.1 Å². The maximum Gasteiger partial charge on any atom is 0.417 e. The maximum absolute atomic E-state index is 12.4. The number of rotatable bonds is 7. The number of esters is 1. The minimum absolute atomic E-state index is 0.190. The predicted molar refractivity (Wildman–Crippen MR) is 64.8 cm³/mol. The molecule has 1 amide bonds. The smallest absolute Gasteiger partial charge is 0.417 e. The number of ether oxygens (including phenoxy) is 1. The zero-order valence-electron chi connectivity index (χ0n) is 11.7. The Labute approximate surface area is 115 Å². The zero-order chi connectivity index (χ0) is 16.0. The number of halogens is 3. The number of unbranched alkanes of at least 4 members (excludes halogenated alkanes) is 1. The van der Waals surface area contributed by atoms with Crippen LogP contribution in [0, 0.1) is 0 Å². The quantitative estimate of drug-likeness (QED) is 0.552. The minimum Gasteiger partial charge on any atom is -0.464 e. The average molecular weight is 299 g/mol. The second kappa shape index (κ2) is 7.47. The van der Waals surface area contributed by atoms with Gasteiger partial charge in [-0.05, 0) is 20.3 Å². The van der Waals surface area contributed by atoms with Crippen LogP contribution in [0.5, 0.6) is 0 Å². The minimum atomic E-state index is -4.92. The highest BCUT2D eigenvalue weighted by atomic mass is 19.4. The Hall–Kier alpha value is -1.31. The van der Waals surface area contributed by atoms with Crippen molar-refractivity contribution in [2.24, 2.45) is 0 Å². The van der Waals surface area contributed by atoms with Crippen LogP contribution < -0.4 is 5.32 Å². The molecule has 0 aliphatic rings. The molecule has 2 atom stereocenters. The number of amides is 1. The predicted octanol–water partition coefficient (Wildman–Crippen LogP) is 1.54. The van der Waals surface area contributed by atoms with E-state index in [-0.39, 0.29) is 6.61 Å². The van der Waals surface area contributed by atoms with E-state index in [2.05, 4.69) is 5.32 Å². The van der Waals surface area contributed by atoms with Crippen molar-refractivity contribution in [2.45, 2.75) is 57.9 Å². The van der Waals surface area contributed by atoms with Gasteiger partial charge < -0.3 is 15.2 Å². The number of carbonyl (C=O) groups is 2. The summed E-state index contributed by atoms with van der Waals surface area (Å²) in [4.78, 5) is 22.8. The molecule has 0 aromatic carbocycles. The number of hydrogen-bond acceptors (Lipinski definition) is 4. The van der Waals surface area contributed by atoms with Gasteiger partial charge in [0.1, 0.15) is 6.04 Å². The topological polar surface area (TPSA) is 75.6 Å². The molecule has 0 radical (unpaired) electrons. The third-order valence-corrected chi connectivity index (χ3v) is 2.59. The van der Waals surface area contributed by atoms with Gasteiger partial charge in [-0.15, -0.1) is 0 Å². The molecule has 0 aromatic rings. The lowest BCUT2D eigenvalue weighted by Crippen LogP contribution is -2.48. The second-order valence-electron chi connectivity index (χ2n) is 4.76. The van der Waals surface area contributed by atoms with Crippen LogP contribution in [-0.2, 0) is 14.3 Å². The molecule has 0 rings (SSSR count). The van der Waals surface area contributed by atoms with E-state index in [9.17, 15) is 22.8 Å². The molecule has 0 heterocycles. The van der Waals surface area contributed by atoms with Crippen molar-refractivity contribution in [1.29, 1.82) is 0 Å². The van der Waals surface area contributed by atoms with Gasteiger partial charge in [0.25, 0.3) is 0 Å². The van der Waals surface area contributed by atoms with Crippen LogP contribution >= 0.6 is 0 Å². The van der Waals surface area contributed by atoms with Crippen LogP contribution in [0.4, 0.5) is 13.2 Å². The Bertz CT molecular complexity index is 342. The fourth-order valence-corrected chi connectivity index (χ4v) is 1.21. The molecular formula is C12H20F3NO4. The van der Waals surface area contributed by atoms with Crippen LogP contribution in [0.1, 0.15) is 40.0 Å². The largest absolute Gasteiger partial charge is 0.464 e. The van der Waals surface area contributed by atoms with Crippen LogP contribution in [-0.4, -0.2) is 41.4 Å². The Kier molecular flexibility index (Phi) is 6.98. The fraction of sp³-hybridized carbons (Fsp3) is 0.833. The van der Waals surface area contributed by atoms with Crippen molar-refractivity contribution in [1.82, 2.24) is 5.32 Å². The second-order valence-corrected chi connectivity index (χ2v) is 4.76. The summed E-state index contributed by atoms with van der Waals surface area (Å²) in [7, 11) is 0. The third kappa shape index (κ3) is 6.23. The van der Waals surface area contributed by atoms with E-state index in [1.807, 2.05) is 6.92 Å². The van der Waals surface area contributed by atoms with E-state index in [1.165, 1.54) is 6.92 Å². The molecule has 0 spiro atoms. The summed E-state index contributed by atoms with van der Waals surface area (Å²) in [5.41, 5.74) is -3.14. The SMILES string of the molecule is CCCCOC(=O)[C@@H](C)NC(=O)CC(C)(O)C(F)(F)F. The van der Waals surface area contributed by atoms with E-state index in [0.29, 0.717) is 13.3 Å². The molecule has 118 valence electrons. The van der Waals surface area contributed by atoms with Crippen LogP contribution in [0.15, 0.2) is 0 Å². The van der Waals surface area contributed by atoms with Crippen molar-refractivity contribution in [3.8, 4) is 0 Å². The highest BCUT2D eigenvalue weighted by molar-refractivity contribution is 5.84. The van der Waals surface area contributed by atoms with Crippen molar-refractivity contribution < 1.29 is 32.6 Å². The zero-order valence-corrected chi connectivity index (χ0v) is 11.7. The highest BCUT2D eigenvalue weighted by Gasteiger charge is 2.51. The molecule has 5 nitrogen and oxygen atoms in total. The molecule has 0 aliphatic heterocycles. The Morgan fingerprint density at radius 1 is 1.35 bits per heavy atom. The molecule has 2 N–H and O–H groups in total. The lowest BCUT2D eigenvalue weighted by atomic mass is 10.0. The number of alkyl halides is 3. The van der Waals surface area contributed by atoms with E-state index in [0.717, 1.165) is 6.42 Å². The first-order valence-electron chi connectivity index (χ1n) is 6.26. The first kappa shape index (κ1) is 18.7. The fourth-order valence-electron chi connectivity index (χ4n) is 1.21. The molecule has 0 saturated carbocycles. The summed E-state index contributed by atoms with van der Waals surface area (Å²) in [5, 5.41) is 11.2. The third-order valence-electron chi connectivity index (χ3n) is 2.59. The van der Waals surface area contributed by atoms with Crippen molar-refractivity contribution in [3.05, 3.63) is 0 Å². The van der Waals surface area contributed by atoms with Gasteiger partial charge in [0.05, 0.1) is 13.0 Å². The van der Waals surface area contributed by atoms with Crippen LogP contribution in [0.2, 0.25) is 0 Å². The molecule has 1 unspecified atom stereocenters. The van der Waals surface area contributed by atoms with Crippen LogP contribution in [0.3, 0.4) is 0 Å². The molecule has 8 heteroatoms. The first-order valence-corrected chi connectivity index (χ1v) is 6.26. The van der Waals surface area contributed by atoms with E-state index in [1.54, 1.807) is 0 Å². The Morgan fingerprint density at radius 2 is 1.90 bits per heavy atom. The summed E-state index contributed by atoms with van der Waals surface area (Å²) < 4.78 is 41.9. The molecule has 0 aromatic heterocycles. The van der Waals surface area contributed by atoms with Gasteiger partial charge in [0, 0.05) is 0 Å². The van der Waals surface area contributed by atoms with Gasteiger partial charge >= 0.3 is 12.1 Å². The van der Waals surface area contributed by atoms with Crippen LogP contribution in [0.25, 0.3) is 0 Å². The van der Waals surface area contributed by atoms with Gasteiger partial charge in [0.2, 0.25) is 5.91 Å². The Balaban J connectivity index is 4.30. The summed E-state index contributed by atoms with van der Waals surface area (Å²) in [6.45, 7) is 3.89. The van der Waals surface area contributed by atoms with Gasteiger partial charge in [-0.25, -0.2) is 4.79 Å². The summed E-state index contributed by atoms with van der Waals surface area (Å²) in [5.74, 6) is -1.80. The van der Waals surface area contributed by atoms with Gasteiger partial charge in [-0.3, -0.25) is 4.79 Å². The molecular weight excluding hydrogens is 279 g/mol. The molecule has 0 fully saturated rings. The van der Waals surface area contributed by atoms with Gasteiger partial charge in [-0.1, -0.05) is 13.3 Å². The average Bonchev–Trinajstić information content (AvgIpc) is 2.26. The molecule has 20 heavy (non-hydrogen) atoms. The molecule has 0 aliphatic carbocycles. The summed E-state index contributed by atoms with van der Waals surface area (Å²) in [6, 6.07) is -1.07. The van der Waals surface area contributed by atoms with Gasteiger partial charge in [0.15, 0.2) is 5.60 Å². The number of aliphatic hydroxyl groups is 1. The van der Waals surface area contributed by atoms with E-state index in [4.69, 9.17) is 9.84 Å². The van der Waals surface area contributed by atoms with Crippen molar-refractivity contribution in [3.63, 3.8) is 0 Å². The number of carbonyl (C=O) groups excluding carboxylic acids is 2. The standard InChI is InChI=1S/C12H20F3NO4/c1-4-5-6-20-10(18)8(2)16-9(17)7-11(3,19)12(13,14)15/h8,19H,4-7H2,1-3H3,(H,16,17)/t8-,11?/m1/s1. The van der Waals surface area contributed by atoms with Crippen molar-refractivity contribution >= 4 is 11.9 Å². The van der Waals surface area contributed by atoms with Crippen molar-refractivity contribution in [2.75, 3.05) is 6.61 Å². The van der Waals surface area contributed by atoms with Gasteiger partial charge in [-0.2, -0.15) is 13.2 Å². The lowest BCUT2D eigenvalue weighted by Gasteiger charge is -2.26. The normalized spacial score (nSPS) is 16.1.